The molecule has 2 aliphatic carbocycles. The largest absolute Gasteiger partial charge is 0.515 e. The quantitative estimate of drug-likeness (QED) is 0.340. The van der Waals surface area contributed by atoms with Gasteiger partial charge in [-0.3, -0.25) is 0 Å². The molecule has 2 unspecified atom stereocenters. The van der Waals surface area contributed by atoms with Gasteiger partial charge in [-0.05, 0) is 34.4 Å². The van der Waals surface area contributed by atoms with Gasteiger partial charge in [0.1, 0.15) is 0 Å². The van der Waals surface area contributed by atoms with Gasteiger partial charge in [0, 0.05) is 11.8 Å². The molecular formula is C24H18O10. The van der Waals surface area contributed by atoms with Crippen LogP contribution in [0.5, 0.6) is 0 Å². The third kappa shape index (κ3) is 3.99. The number of aliphatic hydroxyl groups excluding tert-OH is 2. The van der Waals surface area contributed by atoms with Crippen molar-refractivity contribution in [2.45, 2.75) is 11.8 Å². The van der Waals surface area contributed by atoms with E-state index in [0.29, 0.717) is 12.5 Å². The fourth-order valence-corrected chi connectivity index (χ4v) is 4.17. The van der Waals surface area contributed by atoms with Crippen LogP contribution in [0, 0.1) is 0 Å². The fraction of sp³-hybridized carbons (Fsp3) is 0.0833. The molecule has 0 bridgehead atoms. The van der Waals surface area contributed by atoms with Gasteiger partial charge in [0.2, 0.25) is 0 Å². The van der Waals surface area contributed by atoms with E-state index in [2.05, 4.69) is 0 Å². The monoisotopic (exact) mass is 466 g/mol. The van der Waals surface area contributed by atoms with Crippen molar-refractivity contribution < 1.29 is 49.8 Å². The van der Waals surface area contributed by atoms with Gasteiger partial charge in [0.15, 0.2) is 0 Å². The highest BCUT2D eigenvalue weighted by Crippen LogP contribution is 2.46. The molecule has 10 heteroatoms. The van der Waals surface area contributed by atoms with Crippen LogP contribution in [0.4, 0.5) is 0 Å². The number of aliphatic carboxylic acids is 4. The molecule has 0 aliphatic heterocycles. The normalized spacial score (nSPS) is 22.4. The summed E-state index contributed by atoms with van der Waals surface area (Å²) in [6, 6.07) is 5.82. The fourth-order valence-electron chi connectivity index (χ4n) is 4.17. The maximum atomic E-state index is 12.1. The van der Waals surface area contributed by atoms with E-state index in [0.717, 1.165) is 12.2 Å². The summed E-state index contributed by atoms with van der Waals surface area (Å²) in [4.78, 5) is 47.7. The summed E-state index contributed by atoms with van der Waals surface area (Å²) >= 11 is 0. The van der Waals surface area contributed by atoms with Crippen LogP contribution in [-0.4, -0.2) is 54.5 Å². The first-order valence-electron chi connectivity index (χ1n) is 9.69. The Hall–Kier alpha value is -4.86. The first-order chi connectivity index (χ1) is 16.1. The summed E-state index contributed by atoms with van der Waals surface area (Å²) in [7, 11) is 0. The summed E-state index contributed by atoms with van der Waals surface area (Å²) in [6.45, 7) is 0. The van der Waals surface area contributed by atoms with Crippen LogP contribution in [0.3, 0.4) is 0 Å². The Morgan fingerprint density at radius 3 is 1.21 bits per heavy atom. The molecule has 3 rings (SSSR count). The summed E-state index contributed by atoms with van der Waals surface area (Å²) < 4.78 is 0. The van der Waals surface area contributed by atoms with Gasteiger partial charge in [-0.2, -0.15) is 0 Å². The predicted octanol–water partition coefficient (Wildman–Crippen LogP) is 2.81. The molecule has 1 aromatic rings. The van der Waals surface area contributed by atoms with Crippen molar-refractivity contribution in [1.29, 1.82) is 0 Å². The van der Waals surface area contributed by atoms with Crippen LogP contribution in [-0.2, 0) is 19.2 Å². The number of rotatable bonds is 6. The third-order valence-electron chi connectivity index (χ3n) is 5.55. The predicted molar refractivity (Wildman–Crippen MR) is 116 cm³/mol. The number of benzene rings is 1. The van der Waals surface area contributed by atoms with Gasteiger partial charge >= 0.3 is 23.9 Å². The average molecular weight is 466 g/mol. The van der Waals surface area contributed by atoms with Crippen LogP contribution in [0.15, 0.2) is 94.5 Å². The van der Waals surface area contributed by atoms with Crippen molar-refractivity contribution in [3.8, 4) is 0 Å². The van der Waals surface area contributed by atoms with Gasteiger partial charge in [-0.1, -0.05) is 36.4 Å². The van der Waals surface area contributed by atoms with E-state index >= 15 is 0 Å². The average Bonchev–Trinajstić information content (AvgIpc) is 2.81. The zero-order chi connectivity index (χ0) is 25.2. The first-order valence-corrected chi connectivity index (χ1v) is 9.69. The van der Waals surface area contributed by atoms with E-state index in [1.54, 1.807) is 0 Å². The highest BCUT2D eigenvalue weighted by Gasteiger charge is 2.39. The van der Waals surface area contributed by atoms with Gasteiger partial charge in [0.05, 0.1) is 34.8 Å². The van der Waals surface area contributed by atoms with E-state index in [9.17, 15) is 49.8 Å². The molecular weight excluding hydrogens is 448 g/mol. The van der Waals surface area contributed by atoms with Crippen LogP contribution in [0.2, 0.25) is 0 Å². The van der Waals surface area contributed by atoms with E-state index in [1.165, 1.54) is 36.4 Å². The lowest BCUT2D eigenvalue weighted by molar-refractivity contribution is -0.136. The Kier molecular flexibility index (Phi) is 6.53. The zero-order valence-corrected chi connectivity index (χ0v) is 17.2. The van der Waals surface area contributed by atoms with Crippen LogP contribution < -0.4 is 0 Å². The molecule has 0 saturated carbocycles. The Balaban J connectivity index is 2.39. The molecule has 0 radical (unpaired) electrons. The number of carbonyl (C=O) groups is 4. The first kappa shape index (κ1) is 23.8. The molecule has 10 nitrogen and oxygen atoms in total. The van der Waals surface area contributed by atoms with E-state index in [4.69, 9.17) is 0 Å². The maximum absolute atomic E-state index is 12.1. The maximum Gasteiger partial charge on any atom is 0.336 e. The van der Waals surface area contributed by atoms with Crippen LogP contribution in [0.25, 0.3) is 0 Å². The number of aliphatic hydroxyl groups is 2. The second-order valence-corrected chi connectivity index (χ2v) is 7.30. The molecule has 34 heavy (non-hydrogen) atoms. The lowest BCUT2D eigenvalue weighted by atomic mass is 9.71. The smallest absolute Gasteiger partial charge is 0.336 e. The van der Waals surface area contributed by atoms with E-state index < -0.39 is 58.0 Å². The lowest BCUT2D eigenvalue weighted by Gasteiger charge is -2.30. The van der Waals surface area contributed by atoms with Crippen molar-refractivity contribution >= 4 is 23.9 Å². The Morgan fingerprint density at radius 2 is 0.941 bits per heavy atom. The van der Waals surface area contributed by atoms with E-state index in [1.807, 2.05) is 0 Å². The Bertz CT molecular complexity index is 1190. The van der Waals surface area contributed by atoms with Crippen LogP contribution in [0.1, 0.15) is 23.0 Å². The molecule has 0 amide bonds. The summed E-state index contributed by atoms with van der Waals surface area (Å²) in [5.41, 5.74) is -2.02. The zero-order valence-electron chi connectivity index (χ0n) is 17.2. The van der Waals surface area contributed by atoms with Crippen LogP contribution >= 0.6 is 0 Å². The third-order valence-corrected chi connectivity index (χ3v) is 5.55. The van der Waals surface area contributed by atoms with Gasteiger partial charge in [0.25, 0.3) is 0 Å². The SMILES string of the molecule is O=C(O)C1=C(C(=O)O)C(c2ccccc2C2C(=CO)C=CC(C(=O)O)=C2C(=O)O)C(=CO)C=C1. The number of hydrogen-bond donors (Lipinski definition) is 6. The minimum absolute atomic E-state index is 0.00930. The molecule has 0 spiro atoms. The second-order valence-electron chi connectivity index (χ2n) is 7.30. The summed E-state index contributed by atoms with van der Waals surface area (Å²) in [5.74, 6) is -8.90. The molecule has 0 fully saturated rings. The minimum atomic E-state index is -1.58. The van der Waals surface area contributed by atoms with Crippen molar-refractivity contribution in [3.63, 3.8) is 0 Å². The molecule has 2 aliphatic rings. The number of allylic oxidation sites excluding steroid dienone is 4. The molecule has 0 heterocycles. The highest BCUT2D eigenvalue weighted by molar-refractivity contribution is 6.05. The lowest BCUT2D eigenvalue weighted by Crippen LogP contribution is -2.25. The van der Waals surface area contributed by atoms with Gasteiger partial charge in [-0.25, -0.2) is 19.2 Å². The van der Waals surface area contributed by atoms with Crippen molar-refractivity contribution in [3.05, 3.63) is 106 Å². The minimum Gasteiger partial charge on any atom is -0.515 e. The van der Waals surface area contributed by atoms with Gasteiger partial charge < -0.3 is 30.6 Å². The number of hydrogen-bond acceptors (Lipinski definition) is 6. The Labute approximate surface area is 191 Å². The second kappa shape index (κ2) is 9.33. The summed E-state index contributed by atoms with van der Waals surface area (Å²) in [6.07, 6.45) is 5.72. The molecule has 1 aromatic carbocycles. The molecule has 2 atom stereocenters. The number of carboxylic acid groups (broad SMARTS) is 4. The topological polar surface area (TPSA) is 190 Å². The highest BCUT2D eigenvalue weighted by atomic mass is 16.4. The number of carboxylic acids is 4. The van der Waals surface area contributed by atoms with E-state index in [-0.39, 0.29) is 22.3 Å². The van der Waals surface area contributed by atoms with Gasteiger partial charge in [-0.15, -0.1) is 0 Å². The Morgan fingerprint density at radius 1 is 0.588 bits per heavy atom. The van der Waals surface area contributed by atoms with Crippen molar-refractivity contribution in [2.24, 2.45) is 0 Å². The molecule has 0 saturated heterocycles. The van der Waals surface area contributed by atoms with Crippen molar-refractivity contribution in [2.75, 3.05) is 0 Å². The van der Waals surface area contributed by atoms with Crippen molar-refractivity contribution in [1.82, 2.24) is 0 Å². The standard InChI is InChI=1S/C24H18O10/c25-9-11-5-7-15(21(27)28)19(23(31)32)17(11)13-3-1-2-4-14(13)18-12(10-26)6-8-16(22(29)30)20(18)24(33)34/h1-10,17-18,25-26H,(H,27,28)(H,29,30)(H,31,32)(H,33,34). The molecule has 6 N–H and O–H groups in total. The summed E-state index contributed by atoms with van der Waals surface area (Å²) in [5, 5.41) is 58.3. The molecule has 0 aromatic heterocycles. The molecule has 174 valence electrons.